The minimum Gasteiger partial charge on any atom is -0.331 e. The predicted octanol–water partition coefficient (Wildman–Crippen LogP) is 4.37. The van der Waals surface area contributed by atoms with E-state index in [-0.39, 0.29) is 17.5 Å². The number of carbonyl (C=O) groups excluding carboxylic acids is 1. The number of nitrogens with zero attached hydrogens (tertiary/aromatic N) is 4. The second kappa shape index (κ2) is 9.54. The summed E-state index contributed by atoms with van der Waals surface area (Å²) in [4.78, 5) is 19.4. The van der Waals surface area contributed by atoms with Crippen LogP contribution >= 0.6 is 0 Å². The second-order valence-electron chi connectivity index (χ2n) is 10.6. The smallest absolute Gasteiger partial charge is 0.317 e. The molecule has 186 valence electrons. The van der Waals surface area contributed by atoms with Crippen molar-refractivity contribution in [2.24, 2.45) is 11.3 Å². The molecule has 36 heavy (non-hydrogen) atoms. The quantitative estimate of drug-likeness (QED) is 0.566. The first-order valence-electron chi connectivity index (χ1n) is 13.1. The summed E-state index contributed by atoms with van der Waals surface area (Å²) in [6.45, 7) is 5.64. The first kappa shape index (κ1) is 23.0. The van der Waals surface area contributed by atoms with Gasteiger partial charge in [-0.2, -0.15) is 5.10 Å². The Balaban J connectivity index is 1.25. The van der Waals surface area contributed by atoms with E-state index in [2.05, 4.69) is 58.9 Å². The number of hydrogen-bond acceptors (Lipinski definition) is 4. The molecule has 7 heteroatoms. The van der Waals surface area contributed by atoms with E-state index in [4.69, 9.17) is 5.10 Å². The van der Waals surface area contributed by atoms with Crippen molar-refractivity contribution in [3.63, 3.8) is 0 Å². The van der Waals surface area contributed by atoms with Gasteiger partial charge in [0, 0.05) is 32.4 Å². The van der Waals surface area contributed by atoms with Crippen molar-refractivity contribution in [2.75, 3.05) is 26.2 Å². The fourth-order valence-electron chi connectivity index (χ4n) is 6.35. The molecule has 2 N–H and O–H groups in total. The third-order valence-corrected chi connectivity index (χ3v) is 8.47. The van der Waals surface area contributed by atoms with E-state index in [1.807, 2.05) is 34.1 Å². The number of hydrogen-bond donors (Lipinski definition) is 2. The summed E-state index contributed by atoms with van der Waals surface area (Å²) in [5.74, 6) is 0.479. The highest BCUT2D eigenvalue weighted by molar-refractivity contribution is 5.75. The van der Waals surface area contributed by atoms with Crippen LogP contribution in [0, 0.1) is 11.3 Å². The van der Waals surface area contributed by atoms with Crippen molar-refractivity contribution in [3.8, 4) is 5.69 Å². The topological polar surface area (TPSA) is 75.1 Å². The summed E-state index contributed by atoms with van der Waals surface area (Å²) < 4.78 is 2.02. The Labute approximate surface area is 212 Å². The number of nitrogens with one attached hydrogen (secondary N) is 2. The van der Waals surface area contributed by atoms with Gasteiger partial charge in [0.25, 0.3) is 0 Å². The lowest BCUT2D eigenvalue weighted by Crippen LogP contribution is -2.51. The van der Waals surface area contributed by atoms with Crippen LogP contribution in [0.4, 0.5) is 4.79 Å². The number of pyridine rings is 1. The summed E-state index contributed by atoms with van der Waals surface area (Å²) >= 11 is 0. The van der Waals surface area contributed by atoms with Gasteiger partial charge in [-0.1, -0.05) is 42.8 Å². The summed E-state index contributed by atoms with van der Waals surface area (Å²) in [6, 6.07) is 14.5. The fraction of sp³-hybridized carbons (Fsp3) is 0.414. The van der Waals surface area contributed by atoms with Crippen molar-refractivity contribution in [3.05, 3.63) is 83.4 Å². The van der Waals surface area contributed by atoms with Gasteiger partial charge < -0.3 is 15.5 Å². The molecule has 3 heterocycles. The number of amides is 2. The van der Waals surface area contributed by atoms with E-state index in [9.17, 15) is 4.79 Å². The number of urea groups is 1. The molecular formula is C29H34N6O. The highest BCUT2D eigenvalue weighted by atomic mass is 16.2. The molecule has 1 aliphatic heterocycles. The molecule has 2 aromatic heterocycles. The highest BCUT2D eigenvalue weighted by Gasteiger charge is 2.46. The summed E-state index contributed by atoms with van der Waals surface area (Å²) in [5.41, 5.74) is 6.23. The number of allylic oxidation sites excluding steroid dienone is 1. The lowest BCUT2D eigenvalue weighted by molar-refractivity contribution is 0.178. The SMILES string of the molecule is C[C@]12Cc3cnn(-c4cccnc4)c3C=C1CC[C@@H]2CC(NC(=O)N1CCNCC1)c1ccccc1. The largest absolute Gasteiger partial charge is 0.331 e. The number of rotatable bonds is 5. The third kappa shape index (κ3) is 4.22. The van der Waals surface area contributed by atoms with Crippen LogP contribution < -0.4 is 10.6 Å². The Morgan fingerprint density at radius 1 is 1.17 bits per heavy atom. The molecule has 0 radical (unpaired) electrons. The number of piperazine rings is 1. The van der Waals surface area contributed by atoms with Gasteiger partial charge in [0.05, 0.1) is 29.8 Å². The van der Waals surface area contributed by atoms with Crippen LogP contribution in [0.1, 0.15) is 49.0 Å². The lowest BCUT2D eigenvalue weighted by atomic mass is 9.68. The fourth-order valence-corrected chi connectivity index (χ4v) is 6.35. The molecule has 0 spiro atoms. The molecule has 1 saturated heterocycles. The van der Waals surface area contributed by atoms with Gasteiger partial charge in [0.2, 0.25) is 0 Å². The maximum atomic E-state index is 13.2. The van der Waals surface area contributed by atoms with Crippen LogP contribution in [0.25, 0.3) is 11.8 Å². The van der Waals surface area contributed by atoms with Gasteiger partial charge in [0.1, 0.15) is 0 Å². The standard InChI is InChI=1S/C29H34N6O/c1-29-18-22-19-32-35(25-8-5-11-31-20-25)27(22)17-24(29)10-9-23(29)16-26(21-6-3-2-4-7-21)33-28(36)34-14-12-30-13-15-34/h2-8,11,17,19-20,23,26,30H,9-10,12-16,18H2,1H3,(H,33,36)/t23-,26?,29-/m1/s1. The van der Waals surface area contributed by atoms with Crippen molar-refractivity contribution < 1.29 is 4.79 Å². The van der Waals surface area contributed by atoms with Crippen molar-refractivity contribution in [1.82, 2.24) is 30.3 Å². The average molecular weight is 483 g/mol. The molecule has 1 aromatic carbocycles. The third-order valence-electron chi connectivity index (χ3n) is 8.47. The van der Waals surface area contributed by atoms with E-state index >= 15 is 0 Å². The molecule has 3 atom stereocenters. The first-order chi connectivity index (χ1) is 17.6. The monoisotopic (exact) mass is 482 g/mol. The van der Waals surface area contributed by atoms with Crippen molar-refractivity contribution in [2.45, 2.75) is 38.6 Å². The van der Waals surface area contributed by atoms with Gasteiger partial charge in [0.15, 0.2) is 0 Å². The van der Waals surface area contributed by atoms with Crippen LogP contribution in [-0.2, 0) is 6.42 Å². The van der Waals surface area contributed by atoms with E-state index in [0.717, 1.165) is 57.5 Å². The molecule has 6 rings (SSSR count). The van der Waals surface area contributed by atoms with Crippen molar-refractivity contribution in [1.29, 1.82) is 0 Å². The van der Waals surface area contributed by atoms with Gasteiger partial charge in [-0.25, -0.2) is 9.48 Å². The summed E-state index contributed by atoms with van der Waals surface area (Å²) in [5, 5.41) is 11.5. The number of benzene rings is 1. The van der Waals surface area contributed by atoms with Crippen molar-refractivity contribution >= 4 is 12.1 Å². The molecule has 0 bridgehead atoms. The Morgan fingerprint density at radius 3 is 2.78 bits per heavy atom. The Morgan fingerprint density at radius 2 is 2.00 bits per heavy atom. The summed E-state index contributed by atoms with van der Waals surface area (Å²) in [6.07, 6.45) is 12.2. The maximum absolute atomic E-state index is 13.2. The Hall–Kier alpha value is -3.45. The number of fused-ring (bicyclic) bond motifs is 2. The van der Waals surface area contributed by atoms with Crippen LogP contribution in [0.5, 0.6) is 0 Å². The zero-order chi connectivity index (χ0) is 24.5. The van der Waals surface area contributed by atoms with Gasteiger partial charge in [-0.3, -0.25) is 4.98 Å². The zero-order valence-electron chi connectivity index (χ0n) is 20.9. The number of carbonyl (C=O) groups is 1. The summed E-state index contributed by atoms with van der Waals surface area (Å²) in [7, 11) is 0. The van der Waals surface area contributed by atoms with E-state index < -0.39 is 0 Å². The van der Waals surface area contributed by atoms with E-state index in [0.29, 0.717) is 5.92 Å². The average Bonchev–Trinajstić information content (AvgIpc) is 3.47. The second-order valence-corrected chi connectivity index (χ2v) is 10.6. The highest BCUT2D eigenvalue weighted by Crippen LogP contribution is 2.55. The molecule has 1 unspecified atom stereocenters. The number of aromatic nitrogens is 3. The molecule has 1 saturated carbocycles. The van der Waals surface area contributed by atoms with Gasteiger partial charge >= 0.3 is 6.03 Å². The van der Waals surface area contributed by atoms with Crippen LogP contribution in [0.3, 0.4) is 0 Å². The van der Waals surface area contributed by atoms with Crippen LogP contribution in [-0.4, -0.2) is 51.9 Å². The minimum atomic E-state index is -0.00530. The normalized spacial score (nSPS) is 24.0. The van der Waals surface area contributed by atoms with Gasteiger partial charge in [-0.15, -0.1) is 0 Å². The molecule has 3 aliphatic rings. The van der Waals surface area contributed by atoms with Gasteiger partial charge in [-0.05, 0) is 66.4 Å². The molecule has 2 aliphatic carbocycles. The molecule has 3 aromatic rings. The predicted molar refractivity (Wildman–Crippen MR) is 141 cm³/mol. The molecule has 7 nitrogen and oxygen atoms in total. The Bertz CT molecular complexity index is 1250. The Kier molecular flexibility index (Phi) is 6.09. The maximum Gasteiger partial charge on any atom is 0.317 e. The molecular weight excluding hydrogens is 448 g/mol. The molecule has 2 amide bonds. The van der Waals surface area contributed by atoms with E-state index in [1.165, 1.54) is 22.4 Å². The lowest BCUT2D eigenvalue weighted by Gasteiger charge is -2.38. The first-order valence-corrected chi connectivity index (χ1v) is 13.1. The zero-order valence-corrected chi connectivity index (χ0v) is 20.9. The minimum absolute atomic E-state index is 0.00530. The molecule has 2 fully saturated rings. The van der Waals surface area contributed by atoms with Crippen LogP contribution in [0.2, 0.25) is 0 Å². The van der Waals surface area contributed by atoms with E-state index in [1.54, 1.807) is 6.20 Å². The van der Waals surface area contributed by atoms with Crippen LogP contribution in [0.15, 0.2) is 66.6 Å².